The molecule has 0 saturated heterocycles. The highest BCUT2D eigenvalue weighted by Crippen LogP contribution is 2.49. The van der Waals surface area contributed by atoms with Gasteiger partial charge in [-0.3, -0.25) is 0 Å². The summed E-state index contributed by atoms with van der Waals surface area (Å²) in [7, 11) is 1.72. The summed E-state index contributed by atoms with van der Waals surface area (Å²) in [5.74, 6) is 1.76. The lowest BCUT2D eigenvalue weighted by atomic mass is 9.59. The van der Waals surface area contributed by atoms with Gasteiger partial charge in [-0.1, -0.05) is 39.8 Å². The van der Waals surface area contributed by atoms with Crippen molar-refractivity contribution in [1.29, 1.82) is 0 Å². The van der Waals surface area contributed by atoms with Gasteiger partial charge in [-0.25, -0.2) is 0 Å². The summed E-state index contributed by atoms with van der Waals surface area (Å²) in [6.07, 6.45) is 3.91. The van der Waals surface area contributed by atoms with Crippen LogP contribution in [0.2, 0.25) is 0 Å². The molecule has 0 bridgehead atoms. The first-order chi connectivity index (χ1) is 8.35. The zero-order valence-electron chi connectivity index (χ0n) is 12.4. The van der Waals surface area contributed by atoms with Crippen LogP contribution in [0.4, 0.5) is 0 Å². The number of ether oxygens (including phenoxy) is 1. The van der Waals surface area contributed by atoms with Crippen LogP contribution >= 0.6 is 0 Å². The molecule has 1 aromatic rings. The van der Waals surface area contributed by atoms with E-state index in [1.54, 1.807) is 7.11 Å². The van der Waals surface area contributed by atoms with Gasteiger partial charge in [0.05, 0.1) is 7.11 Å². The van der Waals surface area contributed by atoms with Crippen molar-refractivity contribution in [3.8, 4) is 5.75 Å². The number of benzene rings is 1. The third-order valence-electron chi connectivity index (χ3n) is 4.36. The summed E-state index contributed by atoms with van der Waals surface area (Å²) in [4.78, 5) is 0. The molecule has 0 aromatic heterocycles. The van der Waals surface area contributed by atoms with E-state index >= 15 is 0 Å². The van der Waals surface area contributed by atoms with E-state index in [0.29, 0.717) is 10.8 Å². The molecule has 0 amide bonds. The average molecular weight is 246 g/mol. The Balaban J connectivity index is 2.28. The summed E-state index contributed by atoms with van der Waals surface area (Å²) in [6.45, 7) is 9.63. The smallest absolute Gasteiger partial charge is 0.118 e. The van der Waals surface area contributed by atoms with Crippen molar-refractivity contribution in [2.75, 3.05) is 7.11 Å². The fourth-order valence-corrected chi connectivity index (χ4v) is 4.20. The normalized spacial score (nSPS) is 31.1. The summed E-state index contributed by atoms with van der Waals surface area (Å²) in [5, 5.41) is 0. The van der Waals surface area contributed by atoms with Crippen molar-refractivity contribution in [2.45, 2.75) is 52.4 Å². The highest BCUT2D eigenvalue weighted by Gasteiger charge is 2.40. The summed E-state index contributed by atoms with van der Waals surface area (Å²) in [6, 6.07) is 8.67. The van der Waals surface area contributed by atoms with Crippen LogP contribution in [0.15, 0.2) is 24.3 Å². The second-order valence-electron chi connectivity index (χ2n) is 7.14. The Bertz CT molecular complexity index is 404. The highest BCUT2D eigenvalue weighted by molar-refractivity contribution is 5.32. The lowest BCUT2D eigenvalue weighted by Crippen LogP contribution is -2.37. The van der Waals surface area contributed by atoms with Gasteiger partial charge in [0.15, 0.2) is 0 Å². The van der Waals surface area contributed by atoms with Gasteiger partial charge in [0, 0.05) is 0 Å². The molecule has 2 rings (SSSR count). The second-order valence-corrected chi connectivity index (χ2v) is 7.14. The molecule has 1 nitrogen and oxygen atoms in total. The SMILES string of the molecule is COc1ccc(C2(C)CC(C)CC(C)(C)C2)cc1. The van der Waals surface area contributed by atoms with Gasteiger partial charge >= 0.3 is 0 Å². The zero-order valence-corrected chi connectivity index (χ0v) is 12.4. The summed E-state index contributed by atoms with van der Waals surface area (Å²) >= 11 is 0. The zero-order chi connectivity index (χ0) is 13.4. The molecular weight excluding hydrogens is 220 g/mol. The molecule has 0 spiro atoms. The van der Waals surface area contributed by atoms with Gasteiger partial charge in [0.2, 0.25) is 0 Å². The third-order valence-corrected chi connectivity index (χ3v) is 4.36. The Kier molecular flexibility index (Phi) is 3.44. The van der Waals surface area contributed by atoms with Gasteiger partial charge in [-0.2, -0.15) is 0 Å². The van der Waals surface area contributed by atoms with Crippen LogP contribution in [0.5, 0.6) is 5.75 Å². The molecule has 0 N–H and O–H groups in total. The maximum absolute atomic E-state index is 5.25. The van der Waals surface area contributed by atoms with Crippen molar-refractivity contribution in [3.05, 3.63) is 29.8 Å². The molecule has 0 radical (unpaired) electrons. The molecule has 0 aliphatic heterocycles. The van der Waals surface area contributed by atoms with Crippen molar-refractivity contribution in [2.24, 2.45) is 11.3 Å². The Morgan fingerprint density at radius 2 is 1.67 bits per heavy atom. The predicted molar refractivity (Wildman–Crippen MR) is 77.1 cm³/mol. The maximum atomic E-state index is 5.25. The van der Waals surface area contributed by atoms with Crippen LogP contribution in [-0.4, -0.2) is 7.11 Å². The molecule has 2 unspecified atom stereocenters. The molecule has 1 fully saturated rings. The van der Waals surface area contributed by atoms with Gasteiger partial charge in [0.1, 0.15) is 5.75 Å². The maximum Gasteiger partial charge on any atom is 0.118 e. The van der Waals surface area contributed by atoms with E-state index in [4.69, 9.17) is 4.74 Å². The lowest BCUT2D eigenvalue weighted by Gasteiger charge is -2.46. The van der Waals surface area contributed by atoms with Crippen molar-refractivity contribution in [3.63, 3.8) is 0 Å². The Hall–Kier alpha value is -0.980. The van der Waals surface area contributed by atoms with Crippen LogP contribution in [-0.2, 0) is 5.41 Å². The fourth-order valence-electron chi connectivity index (χ4n) is 4.20. The van der Waals surface area contributed by atoms with E-state index < -0.39 is 0 Å². The molecular formula is C17H26O. The monoisotopic (exact) mass is 246 g/mol. The van der Waals surface area contributed by atoms with Gasteiger partial charge in [0.25, 0.3) is 0 Å². The third kappa shape index (κ3) is 2.71. The van der Waals surface area contributed by atoms with E-state index in [0.717, 1.165) is 11.7 Å². The molecule has 1 aliphatic rings. The molecule has 1 aliphatic carbocycles. The van der Waals surface area contributed by atoms with E-state index in [1.165, 1.54) is 24.8 Å². The first kappa shape index (κ1) is 13.5. The van der Waals surface area contributed by atoms with Gasteiger partial charge in [-0.05, 0) is 53.7 Å². The van der Waals surface area contributed by atoms with Crippen LogP contribution in [0.1, 0.15) is 52.5 Å². The van der Waals surface area contributed by atoms with Gasteiger partial charge < -0.3 is 4.74 Å². The van der Waals surface area contributed by atoms with Crippen molar-refractivity contribution < 1.29 is 4.74 Å². The number of hydrogen-bond acceptors (Lipinski definition) is 1. The first-order valence-corrected chi connectivity index (χ1v) is 6.99. The predicted octanol–water partition coefficient (Wildman–Crippen LogP) is 4.80. The number of methoxy groups -OCH3 is 1. The standard InChI is InChI=1S/C17H26O/c1-13-10-16(2,3)12-17(4,11-13)14-6-8-15(18-5)9-7-14/h6-9,13H,10-12H2,1-5H3. The van der Waals surface area contributed by atoms with Crippen LogP contribution < -0.4 is 4.74 Å². The molecule has 1 heteroatoms. The molecule has 2 atom stereocenters. The number of rotatable bonds is 2. The topological polar surface area (TPSA) is 9.23 Å². The Morgan fingerprint density at radius 1 is 1.06 bits per heavy atom. The fraction of sp³-hybridized carbons (Fsp3) is 0.647. The van der Waals surface area contributed by atoms with Crippen molar-refractivity contribution >= 4 is 0 Å². The minimum absolute atomic E-state index is 0.313. The summed E-state index contributed by atoms with van der Waals surface area (Å²) in [5.41, 5.74) is 2.22. The average Bonchev–Trinajstić information content (AvgIpc) is 2.26. The first-order valence-electron chi connectivity index (χ1n) is 6.99. The number of hydrogen-bond donors (Lipinski definition) is 0. The van der Waals surface area contributed by atoms with E-state index in [2.05, 4.69) is 52.0 Å². The van der Waals surface area contributed by atoms with E-state index in [1.807, 2.05) is 0 Å². The van der Waals surface area contributed by atoms with Gasteiger partial charge in [-0.15, -0.1) is 0 Å². The largest absolute Gasteiger partial charge is 0.497 e. The molecule has 100 valence electrons. The minimum atomic E-state index is 0.313. The lowest BCUT2D eigenvalue weighted by molar-refractivity contribution is 0.115. The van der Waals surface area contributed by atoms with Crippen molar-refractivity contribution in [1.82, 2.24) is 0 Å². The van der Waals surface area contributed by atoms with E-state index in [9.17, 15) is 0 Å². The second kappa shape index (κ2) is 4.60. The van der Waals surface area contributed by atoms with Crippen LogP contribution in [0.25, 0.3) is 0 Å². The highest BCUT2D eigenvalue weighted by atomic mass is 16.5. The van der Waals surface area contributed by atoms with Crippen LogP contribution in [0.3, 0.4) is 0 Å². The van der Waals surface area contributed by atoms with Crippen LogP contribution in [0, 0.1) is 11.3 Å². The van der Waals surface area contributed by atoms with E-state index in [-0.39, 0.29) is 0 Å². The minimum Gasteiger partial charge on any atom is -0.497 e. The summed E-state index contributed by atoms with van der Waals surface area (Å²) < 4.78 is 5.25. The Morgan fingerprint density at radius 3 is 2.17 bits per heavy atom. The Labute approximate surface area is 112 Å². The molecule has 1 saturated carbocycles. The molecule has 0 heterocycles. The quantitative estimate of drug-likeness (QED) is 0.728. The molecule has 1 aromatic carbocycles. The molecule has 18 heavy (non-hydrogen) atoms.